The lowest BCUT2D eigenvalue weighted by atomic mass is 10.1. The first-order valence-corrected chi connectivity index (χ1v) is 8.21. The van der Waals surface area contributed by atoms with Crippen LogP contribution in [0.15, 0.2) is 30.5 Å². The summed E-state index contributed by atoms with van der Waals surface area (Å²) in [5.41, 5.74) is 1.83. The van der Waals surface area contributed by atoms with Gasteiger partial charge in [-0.25, -0.2) is 0 Å². The molecule has 0 bridgehead atoms. The van der Waals surface area contributed by atoms with Crippen molar-refractivity contribution in [1.29, 1.82) is 0 Å². The Balaban J connectivity index is 1.75. The van der Waals surface area contributed by atoms with Crippen molar-refractivity contribution in [3.05, 3.63) is 36.0 Å². The fourth-order valence-corrected chi connectivity index (χ4v) is 2.82. The van der Waals surface area contributed by atoms with Crippen molar-refractivity contribution < 1.29 is 9.18 Å². The van der Waals surface area contributed by atoms with E-state index in [4.69, 9.17) is 0 Å². The van der Waals surface area contributed by atoms with E-state index in [0.29, 0.717) is 12.3 Å². The molecule has 0 saturated heterocycles. The minimum absolute atomic E-state index is 0.0191. The minimum atomic E-state index is -0.249. The van der Waals surface area contributed by atoms with E-state index in [1.807, 2.05) is 30.5 Å². The van der Waals surface area contributed by atoms with Gasteiger partial charge in [-0.15, -0.1) is 0 Å². The fraction of sp³-hybridized carbons (Fsp3) is 0.500. The lowest BCUT2D eigenvalue weighted by molar-refractivity contribution is 0.0953. The molecule has 1 aromatic carbocycles. The summed E-state index contributed by atoms with van der Waals surface area (Å²) in [6, 6.07) is 8.00. The van der Waals surface area contributed by atoms with E-state index in [2.05, 4.69) is 9.88 Å². The number of hydrogen-bond acceptors (Lipinski definition) is 1. The summed E-state index contributed by atoms with van der Waals surface area (Å²) in [6.07, 6.45) is 6.85. The first kappa shape index (κ1) is 15.1. The number of nitrogens with zero attached hydrogens (tertiary/aromatic N) is 1. The molecule has 0 aliphatic heterocycles. The third-order valence-corrected chi connectivity index (χ3v) is 4.31. The van der Waals surface area contributed by atoms with Gasteiger partial charge in [-0.1, -0.05) is 18.2 Å². The summed E-state index contributed by atoms with van der Waals surface area (Å²) in [5.74, 6) is 0.698. The zero-order chi connectivity index (χ0) is 15.4. The monoisotopic (exact) mass is 302 g/mol. The Hall–Kier alpha value is -1.84. The maximum atomic E-state index is 12.4. The van der Waals surface area contributed by atoms with Crippen molar-refractivity contribution in [2.24, 2.45) is 5.92 Å². The molecule has 1 amide bonds. The summed E-state index contributed by atoms with van der Waals surface area (Å²) in [4.78, 5) is 12.4. The Morgan fingerprint density at radius 2 is 2.05 bits per heavy atom. The Morgan fingerprint density at radius 3 is 2.82 bits per heavy atom. The highest BCUT2D eigenvalue weighted by Crippen LogP contribution is 2.28. The van der Waals surface area contributed by atoms with E-state index in [0.717, 1.165) is 42.4 Å². The van der Waals surface area contributed by atoms with Gasteiger partial charge in [0, 0.05) is 30.2 Å². The number of amides is 1. The van der Waals surface area contributed by atoms with Crippen molar-refractivity contribution in [3.8, 4) is 0 Å². The second-order valence-corrected chi connectivity index (χ2v) is 6.16. The quantitative estimate of drug-likeness (QED) is 0.737. The van der Waals surface area contributed by atoms with Crippen LogP contribution in [0.3, 0.4) is 0 Å². The molecule has 1 fully saturated rings. The number of halogens is 1. The molecule has 22 heavy (non-hydrogen) atoms. The van der Waals surface area contributed by atoms with Crippen LogP contribution in [0.5, 0.6) is 0 Å². The molecule has 1 heterocycles. The number of aromatic nitrogens is 1. The van der Waals surface area contributed by atoms with E-state index in [9.17, 15) is 9.18 Å². The van der Waals surface area contributed by atoms with Crippen LogP contribution in [0, 0.1) is 5.92 Å². The topological polar surface area (TPSA) is 34.0 Å². The largest absolute Gasteiger partial charge is 0.352 e. The maximum Gasteiger partial charge on any atom is 0.253 e. The minimum Gasteiger partial charge on any atom is -0.352 e. The van der Waals surface area contributed by atoms with Crippen LogP contribution in [0.4, 0.5) is 4.39 Å². The second kappa shape index (κ2) is 6.95. The summed E-state index contributed by atoms with van der Waals surface area (Å²) < 4.78 is 14.3. The van der Waals surface area contributed by atoms with Crippen LogP contribution >= 0.6 is 0 Å². The molecule has 4 heteroatoms. The van der Waals surface area contributed by atoms with E-state index in [-0.39, 0.29) is 12.6 Å². The molecule has 0 atom stereocenters. The standard InChI is InChI=1S/C18H23FN2O/c19-10-4-1-5-11-21-13-16(15-6-2-3-7-17(15)21)18(22)20-12-14-8-9-14/h2-3,6-7,13-14H,1,4-5,8-12H2,(H,20,22). The van der Waals surface area contributed by atoms with Gasteiger partial charge in [0.1, 0.15) is 0 Å². The molecule has 2 aromatic rings. The van der Waals surface area contributed by atoms with Crippen LogP contribution < -0.4 is 5.32 Å². The third kappa shape index (κ3) is 3.49. The van der Waals surface area contributed by atoms with Gasteiger partial charge in [0.2, 0.25) is 0 Å². The predicted octanol–water partition coefficient (Wildman–Crippen LogP) is 3.92. The first-order valence-electron chi connectivity index (χ1n) is 8.21. The van der Waals surface area contributed by atoms with Gasteiger partial charge < -0.3 is 9.88 Å². The predicted molar refractivity (Wildman–Crippen MR) is 86.8 cm³/mol. The Morgan fingerprint density at radius 1 is 1.23 bits per heavy atom. The molecule has 118 valence electrons. The fourth-order valence-electron chi connectivity index (χ4n) is 2.82. The van der Waals surface area contributed by atoms with Gasteiger partial charge in [0.05, 0.1) is 12.2 Å². The van der Waals surface area contributed by atoms with Crippen LogP contribution in [-0.2, 0) is 6.54 Å². The van der Waals surface area contributed by atoms with Crippen molar-refractivity contribution in [1.82, 2.24) is 9.88 Å². The summed E-state index contributed by atoms with van der Waals surface area (Å²) in [5, 5.41) is 4.04. The maximum absolute atomic E-state index is 12.4. The van der Waals surface area contributed by atoms with Crippen molar-refractivity contribution in [2.75, 3.05) is 13.2 Å². The van der Waals surface area contributed by atoms with Crippen molar-refractivity contribution in [2.45, 2.75) is 38.6 Å². The molecule has 0 unspecified atom stereocenters. The van der Waals surface area contributed by atoms with Gasteiger partial charge in [0.25, 0.3) is 5.91 Å². The number of nitrogens with one attached hydrogen (secondary N) is 1. The van der Waals surface area contributed by atoms with Gasteiger partial charge in [0.15, 0.2) is 0 Å². The third-order valence-electron chi connectivity index (χ3n) is 4.31. The Kier molecular flexibility index (Phi) is 4.76. The van der Waals surface area contributed by atoms with Crippen LogP contribution in [0.1, 0.15) is 42.5 Å². The molecular formula is C18H23FN2O. The van der Waals surface area contributed by atoms with Gasteiger partial charge in [-0.3, -0.25) is 9.18 Å². The zero-order valence-corrected chi connectivity index (χ0v) is 12.9. The normalized spacial score (nSPS) is 14.4. The van der Waals surface area contributed by atoms with Crippen LogP contribution in [-0.4, -0.2) is 23.7 Å². The molecule has 0 spiro atoms. The van der Waals surface area contributed by atoms with E-state index >= 15 is 0 Å². The van der Waals surface area contributed by atoms with E-state index < -0.39 is 0 Å². The number of unbranched alkanes of at least 4 members (excludes halogenated alkanes) is 2. The molecule has 1 aromatic heterocycles. The van der Waals surface area contributed by atoms with Crippen molar-refractivity contribution >= 4 is 16.8 Å². The van der Waals surface area contributed by atoms with Gasteiger partial charge >= 0.3 is 0 Å². The number of para-hydroxylation sites is 1. The smallest absolute Gasteiger partial charge is 0.253 e. The second-order valence-electron chi connectivity index (χ2n) is 6.16. The first-order chi connectivity index (χ1) is 10.8. The Bertz CT molecular complexity index is 646. The number of fused-ring (bicyclic) bond motifs is 1. The van der Waals surface area contributed by atoms with E-state index in [1.165, 1.54) is 12.8 Å². The van der Waals surface area contributed by atoms with Crippen LogP contribution in [0.25, 0.3) is 10.9 Å². The molecule has 3 rings (SSSR count). The number of rotatable bonds is 8. The number of benzene rings is 1. The van der Waals surface area contributed by atoms with Gasteiger partial charge in [-0.05, 0) is 44.1 Å². The molecule has 1 N–H and O–H groups in total. The van der Waals surface area contributed by atoms with Crippen molar-refractivity contribution in [3.63, 3.8) is 0 Å². The SMILES string of the molecule is O=C(NCC1CC1)c1cn(CCCCCF)c2ccccc12. The lowest BCUT2D eigenvalue weighted by Crippen LogP contribution is -2.25. The highest BCUT2D eigenvalue weighted by Gasteiger charge is 2.22. The Labute approximate surface area is 130 Å². The number of aryl methyl sites for hydroxylation is 1. The molecular weight excluding hydrogens is 279 g/mol. The highest BCUT2D eigenvalue weighted by atomic mass is 19.1. The number of carbonyl (C=O) groups excluding carboxylic acids is 1. The average molecular weight is 302 g/mol. The number of hydrogen-bond donors (Lipinski definition) is 1. The number of alkyl halides is 1. The van der Waals surface area contributed by atoms with Gasteiger partial charge in [-0.2, -0.15) is 0 Å². The van der Waals surface area contributed by atoms with Crippen LogP contribution in [0.2, 0.25) is 0 Å². The summed E-state index contributed by atoms with van der Waals surface area (Å²) >= 11 is 0. The zero-order valence-electron chi connectivity index (χ0n) is 12.9. The lowest BCUT2D eigenvalue weighted by Gasteiger charge is -2.04. The molecule has 3 nitrogen and oxygen atoms in total. The molecule has 1 aliphatic rings. The molecule has 1 saturated carbocycles. The summed E-state index contributed by atoms with van der Waals surface area (Å²) in [6.45, 7) is 1.37. The molecule has 0 radical (unpaired) electrons. The summed E-state index contributed by atoms with van der Waals surface area (Å²) in [7, 11) is 0. The van der Waals surface area contributed by atoms with E-state index in [1.54, 1.807) is 0 Å². The number of carbonyl (C=O) groups is 1. The highest BCUT2D eigenvalue weighted by molar-refractivity contribution is 6.07. The molecule has 1 aliphatic carbocycles. The average Bonchev–Trinajstić information content (AvgIpc) is 3.30.